The highest BCUT2D eigenvalue weighted by atomic mass is 35.5. The number of carboxylic acids is 1. The zero-order chi connectivity index (χ0) is 29.5. The van der Waals surface area contributed by atoms with Gasteiger partial charge in [-0.2, -0.15) is 0 Å². The molecule has 3 aromatic rings. The quantitative estimate of drug-likeness (QED) is 0.147. The lowest BCUT2D eigenvalue weighted by Gasteiger charge is -2.21. The maximum absolute atomic E-state index is 13.5. The van der Waals surface area contributed by atoms with Gasteiger partial charge in [0.2, 0.25) is 0 Å². The van der Waals surface area contributed by atoms with Crippen LogP contribution in [0.2, 0.25) is 5.02 Å². The van der Waals surface area contributed by atoms with Crippen LogP contribution in [0.15, 0.2) is 60.7 Å². The Morgan fingerprint density at radius 3 is 2.05 bits per heavy atom. The number of carboxylic acid groups (broad SMARTS) is 1. The molecule has 0 atom stereocenters. The number of amides is 1. The van der Waals surface area contributed by atoms with Crippen LogP contribution in [-0.2, 0) is 4.79 Å². The standard InChI is InChI=1S/C34H42ClNO5/c1-3-4-5-6-7-8-9-10-11-15-21-36-34(39)29-23-28(26-19-16-20-27(35)22-26)33(41-24-30(37)38)31(32(29)40-2)25-17-13-12-14-18-25/h12-14,16-20,22-23H,3-11,15,21,24H2,1-2H3,(H,36,39)(H,37,38). The second-order valence-corrected chi connectivity index (χ2v) is 10.6. The van der Waals surface area contributed by atoms with Crippen LogP contribution >= 0.6 is 11.6 Å². The van der Waals surface area contributed by atoms with Crippen molar-refractivity contribution >= 4 is 23.5 Å². The fourth-order valence-electron chi connectivity index (χ4n) is 4.96. The topological polar surface area (TPSA) is 84.9 Å². The Kier molecular flexibility index (Phi) is 13.5. The first-order valence-electron chi connectivity index (χ1n) is 14.6. The third kappa shape index (κ3) is 9.82. The van der Waals surface area contributed by atoms with E-state index in [1.807, 2.05) is 36.4 Å². The van der Waals surface area contributed by atoms with Gasteiger partial charge in [0.1, 0.15) is 11.5 Å². The van der Waals surface area contributed by atoms with E-state index >= 15 is 0 Å². The highest BCUT2D eigenvalue weighted by Crippen LogP contribution is 2.47. The van der Waals surface area contributed by atoms with Crippen molar-refractivity contribution in [2.24, 2.45) is 0 Å². The zero-order valence-electron chi connectivity index (χ0n) is 24.2. The lowest BCUT2D eigenvalue weighted by Crippen LogP contribution is -2.25. The van der Waals surface area contributed by atoms with E-state index < -0.39 is 12.6 Å². The van der Waals surface area contributed by atoms with Crippen LogP contribution in [0.1, 0.15) is 81.5 Å². The molecule has 0 heterocycles. The molecule has 0 spiro atoms. The summed E-state index contributed by atoms with van der Waals surface area (Å²) in [5.41, 5.74) is 2.84. The molecule has 0 aliphatic heterocycles. The van der Waals surface area contributed by atoms with Crippen molar-refractivity contribution in [2.75, 3.05) is 20.3 Å². The van der Waals surface area contributed by atoms with Gasteiger partial charge in [-0.25, -0.2) is 4.79 Å². The fraction of sp³-hybridized carbons (Fsp3) is 0.412. The Bertz CT molecular complexity index is 1260. The normalized spacial score (nSPS) is 10.8. The van der Waals surface area contributed by atoms with Crippen molar-refractivity contribution in [2.45, 2.75) is 71.1 Å². The molecule has 3 aromatic carbocycles. The summed E-state index contributed by atoms with van der Waals surface area (Å²) in [5.74, 6) is -0.742. The molecule has 7 heteroatoms. The van der Waals surface area contributed by atoms with Gasteiger partial charge in [0.15, 0.2) is 6.61 Å². The molecule has 0 radical (unpaired) electrons. The van der Waals surface area contributed by atoms with Crippen LogP contribution in [0.25, 0.3) is 22.3 Å². The largest absolute Gasteiger partial charge is 0.495 e. The Labute approximate surface area is 249 Å². The van der Waals surface area contributed by atoms with Crippen LogP contribution in [0, 0.1) is 0 Å². The maximum atomic E-state index is 13.5. The molecule has 0 unspecified atom stereocenters. The average Bonchev–Trinajstić information content (AvgIpc) is 2.98. The molecule has 2 N–H and O–H groups in total. The van der Waals surface area contributed by atoms with E-state index in [0.29, 0.717) is 45.3 Å². The molecule has 1 amide bonds. The number of halogens is 1. The molecule has 0 aliphatic carbocycles. The van der Waals surface area contributed by atoms with Gasteiger partial charge >= 0.3 is 5.97 Å². The van der Waals surface area contributed by atoms with Crippen molar-refractivity contribution in [3.05, 3.63) is 71.2 Å². The maximum Gasteiger partial charge on any atom is 0.341 e. The molecular formula is C34H42ClNO5. The molecule has 0 aromatic heterocycles. The molecular weight excluding hydrogens is 538 g/mol. The van der Waals surface area contributed by atoms with Crippen molar-refractivity contribution in [3.63, 3.8) is 0 Å². The predicted octanol–water partition coefficient (Wildman–Crippen LogP) is 8.80. The van der Waals surface area contributed by atoms with Gasteiger partial charge in [-0.15, -0.1) is 0 Å². The summed E-state index contributed by atoms with van der Waals surface area (Å²) >= 11 is 6.31. The first-order chi connectivity index (χ1) is 20.0. The molecule has 220 valence electrons. The number of carbonyl (C=O) groups excluding carboxylic acids is 1. The molecule has 0 fully saturated rings. The van der Waals surface area contributed by atoms with Crippen molar-refractivity contribution in [1.29, 1.82) is 0 Å². The summed E-state index contributed by atoms with van der Waals surface area (Å²) in [5, 5.41) is 13.0. The second kappa shape index (κ2) is 17.3. The number of hydrogen-bond donors (Lipinski definition) is 2. The number of rotatable bonds is 18. The molecule has 41 heavy (non-hydrogen) atoms. The number of nitrogens with one attached hydrogen (secondary N) is 1. The van der Waals surface area contributed by atoms with E-state index in [9.17, 15) is 14.7 Å². The molecule has 0 aliphatic rings. The number of aliphatic carboxylic acids is 1. The minimum atomic E-state index is -1.11. The highest BCUT2D eigenvalue weighted by Gasteiger charge is 2.26. The molecule has 0 bridgehead atoms. The van der Waals surface area contributed by atoms with E-state index in [1.54, 1.807) is 24.3 Å². The number of carbonyl (C=O) groups is 2. The molecule has 0 saturated heterocycles. The Morgan fingerprint density at radius 1 is 0.805 bits per heavy atom. The van der Waals surface area contributed by atoms with E-state index in [2.05, 4.69) is 12.2 Å². The van der Waals surface area contributed by atoms with Crippen LogP contribution < -0.4 is 14.8 Å². The third-order valence-electron chi connectivity index (χ3n) is 7.03. The summed E-state index contributed by atoms with van der Waals surface area (Å²) in [6.07, 6.45) is 12.2. The van der Waals surface area contributed by atoms with Crippen LogP contribution in [-0.4, -0.2) is 37.2 Å². The first-order valence-corrected chi connectivity index (χ1v) is 15.0. The minimum Gasteiger partial charge on any atom is -0.495 e. The number of benzene rings is 3. The van der Waals surface area contributed by atoms with E-state index in [0.717, 1.165) is 18.4 Å². The average molecular weight is 580 g/mol. The summed E-state index contributed by atoms with van der Waals surface area (Å²) in [7, 11) is 1.50. The van der Waals surface area contributed by atoms with Crippen molar-refractivity contribution in [1.82, 2.24) is 5.32 Å². The lowest BCUT2D eigenvalue weighted by molar-refractivity contribution is -0.139. The SMILES string of the molecule is CCCCCCCCCCCCNC(=O)c1cc(-c2cccc(Cl)c2)c(OCC(=O)O)c(-c2ccccc2)c1OC. The minimum absolute atomic E-state index is 0.261. The van der Waals surface area contributed by atoms with Gasteiger partial charge < -0.3 is 19.9 Å². The van der Waals surface area contributed by atoms with Gasteiger partial charge in [0.25, 0.3) is 5.91 Å². The Morgan fingerprint density at radius 2 is 1.44 bits per heavy atom. The van der Waals surface area contributed by atoms with Crippen LogP contribution in [0.5, 0.6) is 11.5 Å². The highest BCUT2D eigenvalue weighted by molar-refractivity contribution is 6.30. The first kappa shape index (κ1) is 32.0. The summed E-state index contributed by atoms with van der Waals surface area (Å²) in [4.78, 5) is 25.0. The van der Waals surface area contributed by atoms with Crippen LogP contribution in [0.3, 0.4) is 0 Å². The number of unbranched alkanes of at least 4 members (excludes halogenated alkanes) is 9. The second-order valence-electron chi connectivity index (χ2n) is 10.2. The predicted molar refractivity (Wildman–Crippen MR) is 166 cm³/mol. The lowest BCUT2D eigenvalue weighted by atomic mass is 9.92. The zero-order valence-corrected chi connectivity index (χ0v) is 25.0. The van der Waals surface area contributed by atoms with E-state index in [-0.39, 0.29) is 5.91 Å². The van der Waals surface area contributed by atoms with Gasteiger partial charge in [-0.3, -0.25) is 4.79 Å². The smallest absolute Gasteiger partial charge is 0.341 e. The summed E-state index contributed by atoms with van der Waals surface area (Å²) in [6.45, 7) is 2.24. The number of ether oxygens (including phenoxy) is 2. The van der Waals surface area contributed by atoms with Gasteiger partial charge in [0.05, 0.1) is 18.2 Å². The Balaban J connectivity index is 1.84. The number of methoxy groups -OCH3 is 1. The summed E-state index contributed by atoms with van der Waals surface area (Å²) < 4.78 is 11.7. The molecule has 3 rings (SSSR count). The van der Waals surface area contributed by atoms with Crippen LogP contribution in [0.4, 0.5) is 0 Å². The molecule has 6 nitrogen and oxygen atoms in total. The monoisotopic (exact) mass is 579 g/mol. The number of hydrogen-bond acceptors (Lipinski definition) is 4. The van der Waals surface area contributed by atoms with Gasteiger partial charge in [0, 0.05) is 17.1 Å². The Hall–Kier alpha value is -3.51. The third-order valence-corrected chi connectivity index (χ3v) is 7.27. The van der Waals surface area contributed by atoms with E-state index in [4.69, 9.17) is 21.1 Å². The van der Waals surface area contributed by atoms with E-state index in [1.165, 1.54) is 58.5 Å². The van der Waals surface area contributed by atoms with Crippen molar-refractivity contribution < 1.29 is 24.2 Å². The fourth-order valence-corrected chi connectivity index (χ4v) is 5.15. The van der Waals surface area contributed by atoms with Gasteiger partial charge in [-0.05, 0) is 35.7 Å². The molecule has 0 saturated carbocycles. The van der Waals surface area contributed by atoms with Gasteiger partial charge in [-0.1, -0.05) is 119 Å². The van der Waals surface area contributed by atoms with Crippen molar-refractivity contribution in [3.8, 4) is 33.8 Å². The summed E-state index contributed by atoms with van der Waals surface area (Å²) in [6, 6.07) is 18.2.